The number of rotatable bonds is 5. The average molecular weight is 296 g/mol. The molecule has 0 aromatic heterocycles. The number of thiocarbonyl (C=S) groups is 1. The molecule has 1 heterocycles. The van der Waals surface area contributed by atoms with Crippen LogP contribution in [0.25, 0.3) is 0 Å². The Balaban J connectivity index is 1.86. The predicted octanol–water partition coefficient (Wildman–Crippen LogP) is 2.17. The number of hydrogen-bond acceptors (Lipinski definition) is 4. The summed E-state index contributed by atoms with van der Waals surface area (Å²) >= 11 is 5.26. The van der Waals surface area contributed by atoms with Crippen molar-refractivity contribution in [1.29, 1.82) is 0 Å². The second-order valence-corrected chi connectivity index (χ2v) is 4.95. The molecule has 20 heavy (non-hydrogen) atoms. The summed E-state index contributed by atoms with van der Waals surface area (Å²) < 4.78 is 16.0. The first-order valence-corrected chi connectivity index (χ1v) is 7.02. The van der Waals surface area contributed by atoms with Gasteiger partial charge in [0.15, 0.2) is 16.6 Å². The van der Waals surface area contributed by atoms with Crippen LogP contribution < -0.4 is 20.1 Å². The van der Waals surface area contributed by atoms with E-state index >= 15 is 0 Å². The molecule has 0 aliphatic carbocycles. The second kappa shape index (κ2) is 7.31. The van der Waals surface area contributed by atoms with Crippen molar-refractivity contribution < 1.29 is 14.2 Å². The Kier molecular flexibility index (Phi) is 5.43. The van der Waals surface area contributed by atoms with E-state index in [2.05, 4.69) is 10.6 Å². The molecule has 0 radical (unpaired) electrons. The molecular formula is C14H20N2O3S. The highest BCUT2D eigenvalue weighted by Crippen LogP contribution is 2.29. The fraction of sp³-hybridized carbons (Fsp3) is 0.500. The number of ether oxygens (including phenoxy) is 3. The van der Waals surface area contributed by atoms with Crippen LogP contribution in [0.3, 0.4) is 0 Å². The molecule has 1 unspecified atom stereocenters. The van der Waals surface area contributed by atoms with Crippen LogP contribution in [0.1, 0.15) is 12.8 Å². The van der Waals surface area contributed by atoms with Gasteiger partial charge in [-0.2, -0.15) is 0 Å². The number of hydrogen-bond donors (Lipinski definition) is 2. The number of methoxy groups -OCH3 is 2. The summed E-state index contributed by atoms with van der Waals surface area (Å²) in [4.78, 5) is 0. The maximum atomic E-state index is 5.53. The van der Waals surface area contributed by atoms with Gasteiger partial charge in [-0.1, -0.05) is 0 Å². The van der Waals surface area contributed by atoms with Gasteiger partial charge >= 0.3 is 0 Å². The van der Waals surface area contributed by atoms with Crippen molar-refractivity contribution in [3.05, 3.63) is 18.2 Å². The van der Waals surface area contributed by atoms with Crippen LogP contribution in [0.15, 0.2) is 18.2 Å². The fourth-order valence-corrected chi connectivity index (χ4v) is 2.30. The maximum absolute atomic E-state index is 5.53. The molecule has 2 N–H and O–H groups in total. The van der Waals surface area contributed by atoms with Gasteiger partial charge in [0, 0.05) is 24.9 Å². The van der Waals surface area contributed by atoms with Gasteiger partial charge in [-0.3, -0.25) is 0 Å². The first kappa shape index (κ1) is 14.9. The van der Waals surface area contributed by atoms with E-state index in [-0.39, 0.29) is 6.10 Å². The summed E-state index contributed by atoms with van der Waals surface area (Å²) in [6, 6.07) is 5.57. The molecule has 1 saturated heterocycles. The molecule has 1 aliphatic rings. The van der Waals surface area contributed by atoms with Crippen LogP contribution >= 0.6 is 12.2 Å². The lowest BCUT2D eigenvalue weighted by Crippen LogP contribution is -2.34. The monoisotopic (exact) mass is 296 g/mol. The standard InChI is InChI=1S/C14H20N2O3S/c1-17-12-6-5-10(8-13(12)18-2)16-14(20)15-9-11-4-3-7-19-11/h5-6,8,11H,3-4,7,9H2,1-2H3,(H2,15,16,20). The average Bonchev–Trinajstić information content (AvgIpc) is 2.98. The third-order valence-electron chi connectivity index (χ3n) is 3.16. The summed E-state index contributed by atoms with van der Waals surface area (Å²) in [5.41, 5.74) is 0.854. The van der Waals surface area contributed by atoms with Crippen molar-refractivity contribution in [3.63, 3.8) is 0 Å². The van der Waals surface area contributed by atoms with Gasteiger partial charge in [0.2, 0.25) is 0 Å². The first-order chi connectivity index (χ1) is 9.72. The topological polar surface area (TPSA) is 51.8 Å². The number of benzene rings is 1. The van der Waals surface area contributed by atoms with Gasteiger partial charge in [0.1, 0.15) is 0 Å². The Morgan fingerprint density at radius 2 is 2.15 bits per heavy atom. The predicted molar refractivity (Wildman–Crippen MR) is 82.7 cm³/mol. The molecule has 1 aromatic carbocycles. The molecule has 2 rings (SSSR count). The molecular weight excluding hydrogens is 276 g/mol. The lowest BCUT2D eigenvalue weighted by molar-refractivity contribution is 0.114. The van der Waals surface area contributed by atoms with Gasteiger partial charge in [0.25, 0.3) is 0 Å². The van der Waals surface area contributed by atoms with Gasteiger partial charge in [0.05, 0.1) is 20.3 Å². The summed E-state index contributed by atoms with van der Waals surface area (Å²) in [5.74, 6) is 1.36. The van der Waals surface area contributed by atoms with Crippen LogP contribution in [0.5, 0.6) is 11.5 Å². The highest BCUT2D eigenvalue weighted by Gasteiger charge is 2.15. The Morgan fingerprint density at radius 1 is 1.35 bits per heavy atom. The zero-order chi connectivity index (χ0) is 14.4. The van der Waals surface area contributed by atoms with E-state index in [0.29, 0.717) is 16.6 Å². The van der Waals surface area contributed by atoms with E-state index in [1.54, 1.807) is 14.2 Å². The van der Waals surface area contributed by atoms with Crippen LogP contribution in [0.4, 0.5) is 5.69 Å². The SMILES string of the molecule is COc1ccc(NC(=S)NCC2CCCO2)cc1OC. The molecule has 0 amide bonds. The maximum Gasteiger partial charge on any atom is 0.170 e. The number of nitrogens with one attached hydrogen (secondary N) is 2. The number of anilines is 1. The Morgan fingerprint density at radius 3 is 2.80 bits per heavy atom. The van der Waals surface area contributed by atoms with Crippen molar-refractivity contribution in [3.8, 4) is 11.5 Å². The molecule has 1 atom stereocenters. The van der Waals surface area contributed by atoms with Crippen molar-refractivity contribution in [1.82, 2.24) is 5.32 Å². The zero-order valence-electron chi connectivity index (χ0n) is 11.8. The smallest absolute Gasteiger partial charge is 0.170 e. The molecule has 1 aromatic rings. The molecule has 6 heteroatoms. The van der Waals surface area contributed by atoms with E-state index in [1.807, 2.05) is 18.2 Å². The van der Waals surface area contributed by atoms with Crippen molar-refractivity contribution >= 4 is 23.0 Å². The Labute approximate surface area is 124 Å². The van der Waals surface area contributed by atoms with Crippen molar-refractivity contribution in [2.24, 2.45) is 0 Å². The summed E-state index contributed by atoms with van der Waals surface area (Å²) in [6.07, 6.45) is 2.48. The van der Waals surface area contributed by atoms with Crippen LogP contribution in [-0.4, -0.2) is 38.6 Å². The van der Waals surface area contributed by atoms with Gasteiger partial charge in [-0.05, 0) is 37.2 Å². The fourth-order valence-electron chi connectivity index (χ4n) is 2.10. The minimum atomic E-state index is 0.264. The molecule has 5 nitrogen and oxygen atoms in total. The normalized spacial score (nSPS) is 17.6. The van der Waals surface area contributed by atoms with E-state index in [0.717, 1.165) is 31.7 Å². The third-order valence-corrected chi connectivity index (χ3v) is 3.40. The van der Waals surface area contributed by atoms with Gasteiger partial charge in [-0.25, -0.2) is 0 Å². The summed E-state index contributed by atoms with van der Waals surface area (Å²) in [5, 5.41) is 6.86. The van der Waals surface area contributed by atoms with Crippen molar-refractivity contribution in [2.75, 3.05) is 32.7 Å². The third kappa shape index (κ3) is 3.98. The Hall–Kier alpha value is -1.53. The quantitative estimate of drug-likeness (QED) is 0.812. The Bertz CT molecular complexity index is 462. The first-order valence-electron chi connectivity index (χ1n) is 6.61. The van der Waals surface area contributed by atoms with Gasteiger partial charge < -0.3 is 24.8 Å². The molecule has 0 spiro atoms. The molecule has 1 aliphatic heterocycles. The lowest BCUT2D eigenvalue weighted by Gasteiger charge is -2.15. The van der Waals surface area contributed by atoms with E-state index in [4.69, 9.17) is 26.4 Å². The van der Waals surface area contributed by atoms with Crippen LogP contribution in [0, 0.1) is 0 Å². The molecule has 0 bridgehead atoms. The minimum absolute atomic E-state index is 0.264. The highest BCUT2D eigenvalue weighted by atomic mass is 32.1. The summed E-state index contributed by atoms with van der Waals surface area (Å²) in [7, 11) is 3.22. The van der Waals surface area contributed by atoms with Crippen LogP contribution in [-0.2, 0) is 4.74 Å². The minimum Gasteiger partial charge on any atom is -0.493 e. The summed E-state index contributed by atoms with van der Waals surface area (Å²) in [6.45, 7) is 1.58. The van der Waals surface area contributed by atoms with Crippen molar-refractivity contribution in [2.45, 2.75) is 18.9 Å². The second-order valence-electron chi connectivity index (χ2n) is 4.54. The largest absolute Gasteiger partial charge is 0.493 e. The molecule has 1 fully saturated rings. The van der Waals surface area contributed by atoms with E-state index in [9.17, 15) is 0 Å². The molecule has 0 saturated carbocycles. The van der Waals surface area contributed by atoms with E-state index < -0.39 is 0 Å². The molecule has 110 valence electrons. The lowest BCUT2D eigenvalue weighted by atomic mass is 10.2. The van der Waals surface area contributed by atoms with E-state index in [1.165, 1.54) is 0 Å². The van der Waals surface area contributed by atoms with Crippen LogP contribution in [0.2, 0.25) is 0 Å². The van der Waals surface area contributed by atoms with Gasteiger partial charge in [-0.15, -0.1) is 0 Å². The highest BCUT2D eigenvalue weighted by molar-refractivity contribution is 7.80. The zero-order valence-corrected chi connectivity index (χ0v) is 12.6.